The van der Waals surface area contributed by atoms with Crippen molar-refractivity contribution in [2.24, 2.45) is 0 Å². The maximum Gasteiger partial charge on any atom is 0.268 e. The first-order valence-corrected chi connectivity index (χ1v) is 12.2. The first-order chi connectivity index (χ1) is 12.3. The van der Waals surface area contributed by atoms with Crippen molar-refractivity contribution in [1.29, 1.82) is 0 Å². The molecule has 0 aliphatic rings. The fourth-order valence-electron chi connectivity index (χ4n) is 2.60. The Bertz CT molecular complexity index is 364. The summed E-state index contributed by atoms with van der Waals surface area (Å²) in [5.41, 5.74) is 0. The number of hydrogen-bond acceptors (Lipinski definition) is 4. The lowest BCUT2D eigenvalue weighted by molar-refractivity contribution is -0.870. The van der Waals surface area contributed by atoms with E-state index >= 15 is 0 Å². The van der Waals surface area contributed by atoms with E-state index in [1.54, 1.807) is 0 Å². The summed E-state index contributed by atoms with van der Waals surface area (Å²) in [6, 6.07) is 0. The molecule has 1 atom stereocenters. The number of hydrogen-bond donors (Lipinski definition) is 0. The third kappa shape index (κ3) is 20.7. The van der Waals surface area contributed by atoms with Crippen LogP contribution >= 0.6 is 19.4 Å². The van der Waals surface area contributed by atoms with E-state index in [1.165, 1.54) is 51.4 Å². The van der Waals surface area contributed by atoms with Crippen LogP contribution in [0.3, 0.4) is 0 Å². The van der Waals surface area contributed by atoms with Crippen molar-refractivity contribution in [2.75, 3.05) is 46.8 Å². The van der Waals surface area contributed by atoms with Gasteiger partial charge in [0.05, 0.1) is 27.7 Å². The van der Waals surface area contributed by atoms with Gasteiger partial charge in [0.1, 0.15) is 13.2 Å². The highest BCUT2D eigenvalue weighted by molar-refractivity contribution is 7.45. The molecule has 0 spiro atoms. The Morgan fingerprint density at radius 3 is 1.54 bits per heavy atom. The monoisotopic (exact) mass is 413 g/mol. The maximum atomic E-state index is 11.6. The average molecular weight is 414 g/mol. The van der Waals surface area contributed by atoms with Gasteiger partial charge in [0.2, 0.25) is 0 Å². The quantitative estimate of drug-likeness (QED) is 0.128. The van der Waals surface area contributed by atoms with Crippen molar-refractivity contribution in [3.63, 3.8) is 0 Å². The smallest absolute Gasteiger partial charge is 0.268 e. The van der Waals surface area contributed by atoms with Gasteiger partial charge in [0.25, 0.3) is 7.82 Å². The molecule has 0 radical (unpaired) electrons. The van der Waals surface area contributed by atoms with Crippen LogP contribution in [0.15, 0.2) is 0 Å². The van der Waals surface area contributed by atoms with E-state index < -0.39 is 7.82 Å². The number of phosphoric acid groups is 1. The number of rotatable bonds is 19. The van der Waals surface area contributed by atoms with Crippen molar-refractivity contribution in [3.05, 3.63) is 0 Å². The van der Waals surface area contributed by atoms with E-state index in [1.807, 2.05) is 21.1 Å². The van der Waals surface area contributed by atoms with Gasteiger partial charge in [-0.15, -0.1) is 11.6 Å². The van der Waals surface area contributed by atoms with Crippen molar-refractivity contribution in [1.82, 2.24) is 0 Å². The summed E-state index contributed by atoms with van der Waals surface area (Å²) < 4.78 is 22.0. The Kier molecular flexibility index (Phi) is 16.6. The van der Waals surface area contributed by atoms with Crippen LogP contribution in [0.2, 0.25) is 0 Å². The zero-order valence-corrected chi connectivity index (χ0v) is 18.9. The van der Waals surface area contributed by atoms with Crippen molar-refractivity contribution >= 4 is 19.4 Å². The van der Waals surface area contributed by atoms with E-state index in [9.17, 15) is 9.46 Å². The minimum Gasteiger partial charge on any atom is -0.756 e. The average Bonchev–Trinajstić information content (AvgIpc) is 2.53. The van der Waals surface area contributed by atoms with E-state index in [2.05, 4.69) is 0 Å². The Morgan fingerprint density at radius 1 is 0.731 bits per heavy atom. The molecule has 0 saturated heterocycles. The number of nitrogens with zero attached hydrogens (tertiary/aromatic N) is 1. The molecule has 0 amide bonds. The first-order valence-electron chi connectivity index (χ1n) is 10.2. The largest absolute Gasteiger partial charge is 0.756 e. The van der Waals surface area contributed by atoms with E-state index in [0.717, 1.165) is 31.6 Å². The predicted molar refractivity (Wildman–Crippen MR) is 109 cm³/mol. The third-order valence-corrected chi connectivity index (χ3v) is 5.55. The molecule has 5 nitrogen and oxygen atoms in total. The topological polar surface area (TPSA) is 58.6 Å². The van der Waals surface area contributed by atoms with Crippen LogP contribution in [0, 0.1) is 0 Å². The van der Waals surface area contributed by atoms with Gasteiger partial charge in [-0.2, -0.15) is 0 Å². The van der Waals surface area contributed by atoms with Crippen LogP contribution < -0.4 is 4.89 Å². The molecular weight excluding hydrogens is 373 g/mol. The highest BCUT2D eigenvalue weighted by atomic mass is 35.5. The number of likely N-dealkylation sites (N-methyl/N-ethyl adjacent to an activating group) is 1. The van der Waals surface area contributed by atoms with Crippen LogP contribution in [0.1, 0.15) is 77.0 Å². The molecule has 158 valence electrons. The van der Waals surface area contributed by atoms with Gasteiger partial charge in [-0.1, -0.05) is 64.2 Å². The molecule has 26 heavy (non-hydrogen) atoms. The van der Waals surface area contributed by atoms with Crippen LogP contribution in [0.5, 0.6) is 0 Å². The van der Waals surface area contributed by atoms with Gasteiger partial charge in [-0.3, -0.25) is 4.57 Å². The number of unbranched alkanes of at least 4 members (excludes halogenated alkanes) is 11. The van der Waals surface area contributed by atoms with Gasteiger partial charge in [-0.05, 0) is 12.8 Å². The third-order valence-electron chi connectivity index (χ3n) is 4.29. The highest BCUT2D eigenvalue weighted by Crippen LogP contribution is 2.38. The summed E-state index contributed by atoms with van der Waals surface area (Å²) in [6.07, 6.45) is 14.5. The second-order valence-electron chi connectivity index (χ2n) is 8.06. The van der Waals surface area contributed by atoms with Crippen LogP contribution in [-0.2, 0) is 13.6 Å². The molecule has 0 bridgehead atoms. The molecule has 0 aromatic rings. The van der Waals surface area contributed by atoms with E-state index in [0.29, 0.717) is 11.0 Å². The zero-order chi connectivity index (χ0) is 19.7. The molecule has 0 aromatic heterocycles. The Hall–Kier alpha value is 0.360. The lowest BCUT2D eigenvalue weighted by Crippen LogP contribution is -2.37. The van der Waals surface area contributed by atoms with Gasteiger partial charge in [-0.25, -0.2) is 0 Å². The lowest BCUT2D eigenvalue weighted by atomic mass is 10.1. The fourth-order valence-corrected chi connectivity index (χ4v) is 3.53. The van der Waals surface area contributed by atoms with E-state index in [4.69, 9.17) is 20.6 Å². The molecule has 0 aliphatic carbocycles. The maximum absolute atomic E-state index is 11.6. The standard InChI is InChI=1S/C19H41ClNO4P/c1-21(2,3)17-19-25-26(22,23)24-18-15-13-11-9-7-5-4-6-8-10-12-14-16-20/h4-19H2,1-3H3. The van der Waals surface area contributed by atoms with Crippen molar-refractivity contribution in [3.8, 4) is 0 Å². The number of quaternary nitrogens is 1. The Balaban J connectivity index is 3.33. The molecule has 0 rings (SSSR count). The number of halogens is 1. The number of phosphoric ester groups is 1. The SMILES string of the molecule is C[N+](C)(C)CCOP(=O)([O-])OCCCCCCCCCCCCCCCl. The normalized spacial score (nSPS) is 14.5. The molecule has 0 heterocycles. The first kappa shape index (κ1) is 26.4. The summed E-state index contributed by atoms with van der Waals surface area (Å²) in [5.74, 6) is 0.793. The predicted octanol–water partition coefficient (Wildman–Crippen LogP) is 5.11. The number of alkyl halides is 1. The minimum atomic E-state index is -4.13. The van der Waals surface area contributed by atoms with Crippen LogP contribution in [0.25, 0.3) is 0 Å². The molecule has 0 saturated carbocycles. The summed E-state index contributed by atoms with van der Waals surface area (Å²) in [7, 11) is 1.84. The molecule has 0 fully saturated rings. The second kappa shape index (κ2) is 16.3. The second-order valence-corrected chi connectivity index (χ2v) is 9.85. The van der Waals surface area contributed by atoms with Crippen molar-refractivity contribution in [2.45, 2.75) is 77.0 Å². The Labute approximate surface area is 166 Å². The highest BCUT2D eigenvalue weighted by Gasteiger charge is 2.12. The molecule has 7 heteroatoms. The lowest BCUT2D eigenvalue weighted by Gasteiger charge is -2.27. The van der Waals surface area contributed by atoms with Crippen LogP contribution in [-0.4, -0.2) is 51.3 Å². The summed E-state index contributed by atoms with van der Waals surface area (Å²) in [5, 5.41) is 0. The van der Waals surface area contributed by atoms with Gasteiger partial charge < -0.3 is 18.4 Å². The fraction of sp³-hybridized carbons (Fsp3) is 1.00. The summed E-state index contributed by atoms with van der Waals surface area (Å²) in [4.78, 5) is 11.6. The Morgan fingerprint density at radius 2 is 1.12 bits per heavy atom. The van der Waals surface area contributed by atoms with E-state index in [-0.39, 0.29) is 13.2 Å². The zero-order valence-electron chi connectivity index (χ0n) is 17.2. The molecule has 1 unspecified atom stereocenters. The molecule has 0 N–H and O–H groups in total. The summed E-state index contributed by atoms with van der Waals surface area (Å²) in [6.45, 7) is 1.02. The molecular formula is C19H41ClNO4P. The minimum absolute atomic E-state index is 0.164. The molecule has 0 aromatic carbocycles. The van der Waals surface area contributed by atoms with Gasteiger partial charge >= 0.3 is 0 Å². The van der Waals surface area contributed by atoms with Gasteiger partial charge in [0, 0.05) is 5.88 Å². The van der Waals surface area contributed by atoms with Crippen LogP contribution in [0.4, 0.5) is 0 Å². The van der Waals surface area contributed by atoms with Gasteiger partial charge in [0.15, 0.2) is 0 Å². The van der Waals surface area contributed by atoms with Crippen molar-refractivity contribution < 1.29 is 23.0 Å². The molecule has 0 aliphatic heterocycles. The summed E-state index contributed by atoms with van der Waals surface area (Å²) >= 11 is 5.66.